The van der Waals surface area contributed by atoms with Gasteiger partial charge < -0.3 is 24.1 Å². The molecule has 0 fully saturated rings. The van der Waals surface area contributed by atoms with E-state index >= 15 is 0 Å². The lowest BCUT2D eigenvalue weighted by Gasteiger charge is -2.11. The lowest BCUT2D eigenvalue weighted by molar-refractivity contribution is -0.119. The highest BCUT2D eigenvalue weighted by Gasteiger charge is 2.21. The van der Waals surface area contributed by atoms with Crippen LogP contribution in [0.15, 0.2) is 40.9 Å². The smallest absolute Gasteiger partial charge is 0.338 e. The van der Waals surface area contributed by atoms with Crippen molar-refractivity contribution in [3.63, 3.8) is 0 Å². The van der Waals surface area contributed by atoms with Crippen molar-refractivity contribution in [2.75, 3.05) is 18.7 Å². The third-order valence-corrected chi connectivity index (χ3v) is 4.40. The Morgan fingerprint density at radius 3 is 2.45 bits per heavy atom. The molecule has 0 aliphatic carbocycles. The van der Waals surface area contributed by atoms with Crippen LogP contribution in [0, 0.1) is 6.92 Å². The van der Waals surface area contributed by atoms with Gasteiger partial charge in [0, 0.05) is 17.2 Å². The van der Waals surface area contributed by atoms with Gasteiger partial charge >= 0.3 is 5.97 Å². The zero-order chi connectivity index (χ0) is 22.0. The number of nitrogens with zero attached hydrogens (tertiary/aromatic N) is 2. The summed E-state index contributed by atoms with van der Waals surface area (Å²) >= 11 is 0. The maximum atomic E-state index is 12.3. The first-order valence-corrected chi connectivity index (χ1v) is 9.23. The molecular formula is C21H17N3O7. The summed E-state index contributed by atoms with van der Waals surface area (Å²) in [5.41, 5.74) is 1.41. The molecule has 0 saturated carbocycles. The number of rotatable bonds is 6. The number of benzene rings is 2. The number of anilines is 1. The van der Waals surface area contributed by atoms with E-state index in [1.807, 2.05) is 0 Å². The summed E-state index contributed by atoms with van der Waals surface area (Å²) in [7, 11) is 0. The van der Waals surface area contributed by atoms with Crippen molar-refractivity contribution in [2.24, 2.45) is 0 Å². The normalized spacial score (nSPS) is 11.8. The second kappa shape index (κ2) is 8.27. The summed E-state index contributed by atoms with van der Waals surface area (Å²) in [5.74, 6) is 0.125. The lowest BCUT2D eigenvalue weighted by atomic mass is 10.1. The molecule has 3 aromatic rings. The van der Waals surface area contributed by atoms with Crippen LogP contribution in [0.3, 0.4) is 0 Å². The van der Waals surface area contributed by atoms with E-state index in [1.54, 1.807) is 19.1 Å². The van der Waals surface area contributed by atoms with E-state index in [1.165, 1.54) is 31.2 Å². The zero-order valence-electron chi connectivity index (χ0n) is 16.6. The Bertz CT molecular complexity index is 1170. The lowest BCUT2D eigenvalue weighted by Crippen LogP contribution is -2.22. The average Bonchev–Trinajstić information content (AvgIpc) is 3.39. The molecular weight excluding hydrogens is 406 g/mol. The molecule has 1 N–H and O–H groups in total. The van der Waals surface area contributed by atoms with E-state index in [9.17, 15) is 14.4 Å². The van der Waals surface area contributed by atoms with E-state index < -0.39 is 18.5 Å². The molecule has 0 radical (unpaired) electrons. The number of ether oxygens (including phenoxy) is 3. The predicted octanol–water partition coefficient (Wildman–Crippen LogP) is 2.77. The number of aromatic nitrogens is 2. The number of fused-ring (bicyclic) bond motifs is 1. The molecule has 0 saturated heterocycles. The molecule has 158 valence electrons. The van der Waals surface area contributed by atoms with Crippen LogP contribution in [-0.4, -0.2) is 41.2 Å². The number of aryl methyl sites for hydroxylation is 1. The van der Waals surface area contributed by atoms with Crippen LogP contribution in [0.1, 0.15) is 33.5 Å². The minimum Gasteiger partial charge on any atom is -0.454 e. The largest absolute Gasteiger partial charge is 0.454 e. The fourth-order valence-electron chi connectivity index (χ4n) is 2.90. The molecule has 0 spiro atoms. The number of hydrogen-bond donors (Lipinski definition) is 1. The molecule has 1 aromatic heterocycles. The highest BCUT2D eigenvalue weighted by Crippen LogP contribution is 2.37. The van der Waals surface area contributed by atoms with E-state index in [0.29, 0.717) is 28.8 Å². The number of carbonyl (C=O) groups is 3. The Labute approximate surface area is 176 Å². The third-order valence-electron chi connectivity index (χ3n) is 4.40. The molecule has 31 heavy (non-hydrogen) atoms. The number of esters is 1. The van der Waals surface area contributed by atoms with Gasteiger partial charge in [-0.05, 0) is 44.2 Å². The molecule has 4 rings (SSSR count). The summed E-state index contributed by atoms with van der Waals surface area (Å²) in [6.45, 7) is 2.57. The van der Waals surface area contributed by atoms with Crippen LogP contribution >= 0.6 is 0 Å². The maximum absolute atomic E-state index is 12.3. The minimum absolute atomic E-state index is 0.0343. The van der Waals surface area contributed by atoms with Gasteiger partial charge in [0.1, 0.15) is 0 Å². The zero-order valence-corrected chi connectivity index (χ0v) is 16.6. The fourth-order valence-corrected chi connectivity index (χ4v) is 2.90. The van der Waals surface area contributed by atoms with Crippen LogP contribution in [-0.2, 0) is 9.53 Å². The van der Waals surface area contributed by atoms with Gasteiger partial charge in [-0.3, -0.25) is 9.59 Å². The highest BCUT2D eigenvalue weighted by molar-refractivity contribution is 6.05. The van der Waals surface area contributed by atoms with E-state index in [0.717, 1.165) is 0 Å². The Kier molecular flexibility index (Phi) is 5.35. The Morgan fingerprint density at radius 2 is 1.81 bits per heavy atom. The molecule has 10 nitrogen and oxygen atoms in total. The molecule has 10 heteroatoms. The number of carbonyl (C=O) groups excluding carboxylic acids is 3. The summed E-state index contributed by atoms with van der Waals surface area (Å²) in [6.07, 6.45) is 0. The Balaban J connectivity index is 1.38. The van der Waals surface area contributed by atoms with Gasteiger partial charge in [0.05, 0.1) is 11.3 Å². The van der Waals surface area contributed by atoms with Crippen LogP contribution < -0.4 is 14.8 Å². The Hall–Kier alpha value is -4.21. The van der Waals surface area contributed by atoms with E-state index in [4.69, 9.17) is 18.7 Å². The van der Waals surface area contributed by atoms with Crippen molar-refractivity contribution >= 4 is 23.3 Å². The van der Waals surface area contributed by atoms with Crippen LogP contribution in [0.25, 0.3) is 11.5 Å². The first-order chi connectivity index (χ1) is 14.9. The summed E-state index contributed by atoms with van der Waals surface area (Å²) in [4.78, 5) is 40.5. The van der Waals surface area contributed by atoms with Crippen molar-refractivity contribution in [3.8, 4) is 23.0 Å². The van der Waals surface area contributed by atoms with Gasteiger partial charge in [0.2, 0.25) is 6.79 Å². The first-order valence-electron chi connectivity index (χ1n) is 9.23. The fraction of sp³-hybridized carbons (Fsp3) is 0.190. The van der Waals surface area contributed by atoms with E-state index in [2.05, 4.69) is 15.5 Å². The van der Waals surface area contributed by atoms with Crippen molar-refractivity contribution in [1.29, 1.82) is 0 Å². The van der Waals surface area contributed by atoms with Crippen molar-refractivity contribution in [2.45, 2.75) is 13.8 Å². The number of amides is 1. The molecule has 1 amide bonds. The Morgan fingerprint density at radius 1 is 1.10 bits per heavy atom. The first kappa shape index (κ1) is 20.1. The number of hydrogen-bond acceptors (Lipinski definition) is 9. The summed E-state index contributed by atoms with van der Waals surface area (Å²) < 4.78 is 20.6. The number of nitrogens with one attached hydrogen (secondary N) is 1. The van der Waals surface area contributed by atoms with Crippen molar-refractivity contribution in [1.82, 2.24) is 10.1 Å². The second-order valence-corrected chi connectivity index (χ2v) is 6.66. The molecule has 0 bridgehead atoms. The SMILES string of the molecule is CC(=O)c1cc2c(cc1NC(=O)COC(=O)c1ccc(-c3nc(C)no3)cc1)OCO2. The van der Waals surface area contributed by atoms with Crippen LogP contribution in [0.4, 0.5) is 5.69 Å². The number of ketones is 1. The van der Waals surface area contributed by atoms with Gasteiger partial charge in [-0.1, -0.05) is 5.16 Å². The molecule has 1 aliphatic rings. The van der Waals surface area contributed by atoms with Crippen LogP contribution in [0.5, 0.6) is 11.5 Å². The maximum Gasteiger partial charge on any atom is 0.338 e. The molecule has 2 heterocycles. The van der Waals surface area contributed by atoms with Crippen LogP contribution in [0.2, 0.25) is 0 Å². The second-order valence-electron chi connectivity index (χ2n) is 6.66. The monoisotopic (exact) mass is 423 g/mol. The number of Topliss-reactive ketones (excluding diaryl/α,β-unsaturated/α-hetero) is 1. The molecule has 0 atom stereocenters. The highest BCUT2D eigenvalue weighted by atomic mass is 16.7. The van der Waals surface area contributed by atoms with Gasteiger partial charge in [0.15, 0.2) is 29.7 Å². The van der Waals surface area contributed by atoms with Gasteiger partial charge in [-0.15, -0.1) is 0 Å². The third kappa shape index (κ3) is 4.37. The molecule has 0 unspecified atom stereocenters. The topological polar surface area (TPSA) is 130 Å². The summed E-state index contributed by atoms with van der Waals surface area (Å²) in [6, 6.07) is 9.32. The van der Waals surface area contributed by atoms with Gasteiger partial charge in [-0.2, -0.15) is 4.98 Å². The van der Waals surface area contributed by atoms with Crippen molar-refractivity contribution in [3.05, 3.63) is 53.3 Å². The van der Waals surface area contributed by atoms with E-state index in [-0.39, 0.29) is 29.4 Å². The minimum atomic E-state index is -0.680. The average molecular weight is 423 g/mol. The molecule has 1 aliphatic heterocycles. The standard InChI is InChI=1S/C21H17N3O7/c1-11(25)15-7-17-18(30-10-29-17)8-16(15)23-19(26)9-28-21(27)14-5-3-13(4-6-14)20-22-12(2)24-31-20/h3-8H,9-10H2,1-2H3,(H,23,26). The molecule has 2 aromatic carbocycles. The predicted molar refractivity (Wildman–Crippen MR) is 106 cm³/mol. The quantitative estimate of drug-likeness (QED) is 0.470. The van der Waals surface area contributed by atoms with Gasteiger partial charge in [0.25, 0.3) is 11.8 Å². The van der Waals surface area contributed by atoms with Gasteiger partial charge in [-0.25, -0.2) is 4.79 Å². The van der Waals surface area contributed by atoms with Crippen molar-refractivity contribution < 1.29 is 33.1 Å². The summed E-state index contributed by atoms with van der Waals surface area (Å²) in [5, 5.41) is 6.27.